The predicted octanol–water partition coefficient (Wildman–Crippen LogP) is 2.93. The van der Waals surface area contributed by atoms with Gasteiger partial charge in [0, 0.05) is 11.0 Å². The highest BCUT2D eigenvalue weighted by Gasteiger charge is 2.37. The number of hydrogen-bond acceptors (Lipinski definition) is 3. The molecule has 0 saturated carbocycles. The smallest absolute Gasteiger partial charge is 0.261 e. The highest BCUT2D eigenvalue weighted by molar-refractivity contribution is 9.10. The molecule has 2 aromatic carbocycles. The minimum Gasteiger partial charge on any atom is -0.308 e. The molecule has 2 aliphatic heterocycles. The second kappa shape index (κ2) is 5.58. The maximum absolute atomic E-state index is 12.5. The van der Waals surface area contributed by atoms with Crippen molar-refractivity contribution in [1.82, 2.24) is 10.2 Å². The molecule has 0 spiro atoms. The van der Waals surface area contributed by atoms with Crippen LogP contribution in [0.15, 0.2) is 46.9 Å². The highest BCUT2D eigenvalue weighted by Crippen LogP contribution is 2.29. The van der Waals surface area contributed by atoms with Crippen LogP contribution in [0, 0.1) is 0 Å². The number of amides is 2. The molecule has 0 saturated heterocycles. The Kier molecular flexibility index (Phi) is 3.54. The van der Waals surface area contributed by atoms with E-state index >= 15 is 0 Å². The number of nitrogens with zero attached hydrogens (tertiary/aromatic N) is 1. The molecule has 1 N–H and O–H groups in total. The average Bonchev–Trinajstić information content (AvgIpc) is 2.80. The van der Waals surface area contributed by atoms with Crippen LogP contribution in [0.25, 0.3) is 0 Å². The fraction of sp³-hybridized carbons (Fsp3) is 0.222. The van der Waals surface area contributed by atoms with Crippen molar-refractivity contribution < 1.29 is 9.59 Å². The lowest BCUT2D eigenvalue weighted by atomic mass is 9.94. The Morgan fingerprint density at radius 1 is 1.09 bits per heavy atom. The van der Waals surface area contributed by atoms with Gasteiger partial charge in [0.05, 0.1) is 17.2 Å². The number of nitrogens with one attached hydrogen (secondary N) is 1. The van der Waals surface area contributed by atoms with Gasteiger partial charge >= 0.3 is 0 Å². The molecule has 1 atom stereocenters. The molecular formula is C18H15BrN2O2. The monoisotopic (exact) mass is 370 g/mol. The lowest BCUT2D eigenvalue weighted by Crippen LogP contribution is -2.41. The number of halogens is 1. The van der Waals surface area contributed by atoms with Crippen molar-refractivity contribution >= 4 is 27.7 Å². The van der Waals surface area contributed by atoms with Crippen molar-refractivity contribution in [3.05, 3.63) is 69.2 Å². The van der Waals surface area contributed by atoms with E-state index in [0.29, 0.717) is 17.7 Å². The molecule has 0 bridgehead atoms. The summed E-state index contributed by atoms with van der Waals surface area (Å²) in [6.45, 7) is 1.21. The summed E-state index contributed by atoms with van der Waals surface area (Å²) in [5, 5.41) is 3.43. The van der Waals surface area contributed by atoms with E-state index in [4.69, 9.17) is 0 Å². The molecule has 2 aliphatic rings. The van der Waals surface area contributed by atoms with Gasteiger partial charge in [0.2, 0.25) is 0 Å². The fourth-order valence-corrected chi connectivity index (χ4v) is 3.78. The van der Waals surface area contributed by atoms with Gasteiger partial charge in [0.25, 0.3) is 11.8 Å². The molecule has 0 radical (unpaired) electrons. The number of imide groups is 1. The molecule has 0 aliphatic carbocycles. The number of benzene rings is 2. The Balaban J connectivity index is 1.64. The molecule has 2 aromatic rings. The summed E-state index contributed by atoms with van der Waals surface area (Å²) < 4.78 is 1.05. The minimum absolute atomic E-state index is 0.0194. The largest absolute Gasteiger partial charge is 0.308 e. The van der Waals surface area contributed by atoms with Crippen LogP contribution in [-0.2, 0) is 6.42 Å². The topological polar surface area (TPSA) is 49.4 Å². The summed E-state index contributed by atoms with van der Waals surface area (Å²) in [5.41, 5.74) is 3.43. The van der Waals surface area contributed by atoms with Crippen molar-refractivity contribution in [3.63, 3.8) is 0 Å². The third-order valence-electron chi connectivity index (χ3n) is 4.51. The fourth-order valence-electron chi connectivity index (χ4n) is 3.37. The zero-order chi connectivity index (χ0) is 16.0. The summed E-state index contributed by atoms with van der Waals surface area (Å²) in [6.07, 6.45) is 0.952. The first kappa shape index (κ1) is 14.6. The average molecular weight is 371 g/mol. The van der Waals surface area contributed by atoms with Crippen LogP contribution in [0.5, 0.6) is 0 Å². The van der Waals surface area contributed by atoms with Gasteiger partial charge in [-0.2, -0.15) is 0 Å². The molecule has 4 nitrogen and oxygen atoms in total. The van der Waals surface area contributed by atoms with E-state index < -0.39 is 0 Å². The zero-order valence-electron chi connectivity index (χ0n) is 12.4. The second-order valence-corrected chi connectivity index (χ2v) is 6.78. The van der Waals surface area contributed by atoms with E-state index in [9.17, 15) is 9.59 Å². The quantitative estimate of drug-likeness (QED) is 0.826. The third-order valence-corrected chi connectivity index (χ3v) is 5.00. The summed E-state index contributed by atoms with van der Waals surface area (Å²) in [5.74, 6) is -0.395. The first-order chi connectivity index (χ1) is 11.1. The van der Waals surface area contributed by atoms with Crippen molar-refractivity contribution in [2.24, 2.45) is 0 Å². The van der Waals surface area contributed by atoms with E-state index in [-0.39, 0.29) is 17.9 Å². The maximum Gasteiger partial charge on any atom is 0.261 e. The lowest BCUT2D eigenvalue weighted by molar-refractivity contribution is 0.0637. The van der Waals surface area contributed by atoms with Gasteiger partial charge in [-0.1, -0.05) is 34.1 Å². The molecule has 2 amide bonds. The maximum atomic E-state index is 12.5. The van der Waals surface area contributed by atoms with Gasteiger partial charge in [-0.25, -0.2) is 0 Å². The number of hydrogen-bond donors (Lipinski definition) is 1. The molecule has 0 fully saturated rings. The Morgan fingerprint density at radius 2 is 1.78 bits per heavy atom. The van der Waals surface area contributed by atoms with E-state index in [0.717, 1.165) is 23.0 Å². The van der Waals surface area contributed by atoms with Gasteiger partial charge in [-0.05, 0) is 48.4 Å². The van der Waals surface area contributed by atoms with Crippen molar-refractivity contribution in [2.75, 3.05) is 13.1 Å². The van der Waals surface area contributed by atoms with Crippen molar-refractivity contribution in [3.8, 4) is 0 Å². The van der Waals surface area contributed by atoms with Crippen LogP contribution in [0.3, 0.4) is 0 Å². The molecule has 23 heavy (non-hydrogen) atoms. The van der Waals surface area contributed by atoms with Gasteiger partial charge in [0.15, 0.2) is 0 Å². The highest BCUT2D eigenvalue weighted by atomic mass is 79.9. The Labute approximate surface area is 142 Å². The van der Waals surface area contributed by atoms with E-state index in [1.807, 2.05) is 6.07 Å². The van der Waals surface area contributed by atoms with Gasteiger partial charge in [-0.3, -0.25) is 14.5 Å². The molecule has 4 rings (SSSR count). The summed E-state index contributed by atoms with van der Waals surface area (Å²) in [4.78, 5) is 26.4. The van der Waals surface area contributed by atoms with Gasteiger partial charge < -0.3 is 5.32 Å². The van der Waals surface area contributed by atoms with Crippen LogP contribution in [0.4, 0.5) is 0 Å². The van der Waals surface area contributed by atoms with Crippen molar-refractivity contribution in [1.29, 1.82) is 0 Å². The minimum atomic E-state index is -0.198. The van der Waals surface area contributed by atoms with Gasteiger partial charge in [0.1, 0.15) is 0 Å². The first-order valence-electron chi connectivity index (χ1n) is 7.62. The standard InChI is InChI=1S/C18H15BrN2O2/c19-12-5-6-13-11(9-12)7-8-20-16(13)10-21-17(22)14-3-1-2-4-15(14)18(21)23/h1-6,9,16,20H,7-8,10H2. The number of carbonyl (C=O) groups excluding carboxylic acids is 2. The lowest BCUT2D eigenvalue weighted by Gasteiger charge is -2.29. The number of fused-ring (bicyclic) bond motifs is 2. The Morgan fingerprint density at radius 3 is 2.48 bits per heavy atom. The molecule has 1 unspecified atom stereocenters. The van der Waals surface area contributed by atoms with Crippen LogP contribution in [-0.4, -0.2) is 29.8 Å². The Hall–Kier alpha value is -1.98. The molecular weight excluding hydrogens is 356 g/mol. The SMILES string of the molecule is O=C1c2ccccc2C(=O)N1CC1NCCc2cc(Br)ccc21. The van der Waals surface area contributed by atoms with E-state index in [1.165, 1.54) is 10.5 Å². The number of carbonyl (C=O) groups is 2. The van der Waals surface area contributed by atoms with E-state index in [1.54, 1.807) is 24.3 Å². The summed E-state index contributed by atoms with van der Waals surface area (Å²) >= 11 is 3.50. The van der Waals surface area contributed by atoms with Crippen molar-refractivity contribution in [2.45, 2.75) is 12.5 Å². The molecule has 0 aromatic heterocycles. The first-order valence-corrected chi connectivity index (χ1v) is 8.41. The number of rotatable bonds is 2. The molecule has 5 heteroatoms. The normalized spacial score (nSPS) is 19.7. The van der Waals surface area contributed by atoms with Crippen LogP contribution < -0.4 is 5.32 Å². The third kappa shape index (κ3) is 2.40. The summed E-state index contributed by atoms with van der Waals surface area (Å²) in [6, 6.07) is 13.2. The Bertz CT molecular complexity index is 783. The van der Waals surface area contributed by atoms with E-state index in [2.05, 4.69) is 33.4 Å². The van der Waals surface area contributed by atoms with Crippen LogP contribution >= 0.6 is 15.9 Å². The molecule has 116 valence electrons. The zero-order valence-corrected chi connectivity index (χ0v) is 14.0. The molecule has 2 heterocycles. The van der Waals surface area contributed by atoms with Crippen LogP contribution in [0.2, 0.25) is 0 Å². The summed E-state index contributed by atoms with van der Waals surface area (Å²) in [7, 11) is 0. The van der Waals surface area contributed by atoms with Gasteiger partial charge in [-0.15, -0.1) is 0 Å². The predicted molar refractivity (Wildman–Crippen MR) is 90.4 cm³/mol. The van der Waals surface area contributed by atoms with Crippen LogP contribution in [0.1, 0.15) is 37.9 Å². The second-order valence-electron chi connectivity index (χ2n) is 5.87.